The van der Waals surface area contributed by atoms with Crippen LogP contribution in [0.25, 0.3) is 0 Å². The van der Waals surface area contributed by atoms with Gasteiger partial charge in [-0.1, -0.05) is 55.3 Å². The number of benzene rings is 1. The van der Waals surface area contributed by atoms with Crippen LogP contribution in [0.4, 0.5) is 4.79 Å². The van der Waals surface area contributed by atoms with Gasteiger partial charge in [0.1, 0.15) is 23.8 Å². The summed E-state index contributed by atoms with van der Waals surface area (Å²) in [6, 6.07) is 8.68. The Labute approximate surface area is 288 Å². The molecule has 264 valence electrons. The molecule has 0 aromatic heterocycles. The van der Waals surface area contributed by atoms with Crippen LogP contribution in [0.2, 0.25) is 0 Å². The fraction of sp³-hybridized carbons (Fsp3) is 0.639. The highest BCUT2D eigenvalue weighted by molar-refractivity contribution is 6.61. The zero-order valence-corrected chi connectivity index (χ0v) is 29.3. The third kappa shape index (κ3) is 10.0. The van der Waals surface area contributed by atoms with E-state index < -0.39 is 40.5 Å². The van der Waals surface area contributed by atoms with E-state index in [0.717, 1.165) is 37.8 Å². The molecule has 2 N–H and O–H groups in total. The van der Waals surface area contributed by atoms with Crippen molar-refractivity contribution in [1.82, 2.24) is 15.5 Å². The Morgan fingerprint density at radius 1 is 1.04 bits per heavy atom. The maximum atomic E-state index is 14.0. The van der Waals surface area contributed by atoms with Gasteiger partial charge in [-0.2, -0.15) is 0 Å². The quantitative estimate of drug-likeness (QED) is 0.185. The number of ether oxygens (including phenoxy) is 3. The number of fused-ring (bicyclic) bond motifs is 4. The van der Waals surface area contributed by atoms with Crippen LogP contribution in [-0.4, -0.2) is 77.5 Å². The normalized spacial score (nSPS) is 29.3. The topological polar surface area (TPSA) is 140 Å². The van der Waals surface area contributed by atoms with Gasteiger partial charge in [0.05, 0.1) is 13.0 Å². The number of hydrogen-bond donors (Lipinski definition) is 2. The molecular weight excluding hydrogens is 638 g/mol. The van der Waals surface area contributed by atoms with E-state index in [-0.39, 0.29) is 49.2 Å². The molecule has 12 heteroatoms. The van der Waals surface area contributed by atoms with Gasteiger partial charge in [-0.3, -0.25) is 14.4 Å². The standard InChI is InChI=1S/C28H43N3O6.C8H7ClO2/c1-5-36-26(35)28-14-20(28)12-10-8-6-7-9-11-18(13-22(32)37-27(2,3)4)25(34)31-17-19-15-29-16-21(19)23(31)24(33)30-28;9-8(10)11-6-7-4-2-1-3-5-7/h10,12,18-21,23,29H,5-9,11,13-17H2,1-4H3,(H,30,33);1-5H,6H2/b12-10-;/t18-,19+,20-,21+,23+,28-;/m1./s1. The minimum Gasteiger partial charge on any atom is -0.464 e. The van der Waals surface area contributed by atoms with Crippen molar-refractivity contribution in [3.05, 3.63) is 48.0 Å². The monoisotopic (exact) mass is 687 g/mol. The van der Waals surface area contributed by atoms with Crippen LogP contribution in [0.3, 0.4) is 0 Å². The molecule has 4 aliphatic rings. The number of hydrogen-bond acceptors (Lipinski definition) is 9. The lowest BCUT2D eigenvalue weighted by atomic mass is 9.92. The maximum absolute atomic E-state index is 14.0. The third-order valence-corrected chi connectivity index (χ3v) is 9.40. The Bertz CT molecular complexity index is 1330. The van der Waals surface area contributed by atoms with Gasteiger partial charge < -0.3 is 29.7 Å². The molecule has 0 unspecified atom stereocenters. The van der Waals surface area contributed by atoms with Gasteiger partial charge >= 0.3 is 17.4 Å². The van der Waals surface area contributed by atoms with Crippen LogP contribution >= 0.6 is 11.6 Å². The molecule has 6 atom stereocenters. The molecule has 3 aliphatic heterocycles. The molecule has 11 nitrogen and oxygen atoms in total. The van der Waals surface area contributed by atoms with Gasteiger partial charge in [0.2, 0.25) is 11.8 Å². The molecule has 0 radical (unpaired) electrons. The highest BCUT2D eigenvalue weighted by Crippen LogP contribution is 2.47. The summed E-state index contributed by atoms with van der Waals surface area (Å²) in [6.07, 6.45) is 8.77. The van der Waals surface area contributed by atoms with E-state index in [1.54, 1.807) is 11.8 Å². The van der Waals surface area contributed by atoms with Crippen molar-refractivity contribution in [1.29, 1.82) is 0 Å². The summed E-state index contributed by atoms with van der Waals surface area (Å²) in [7, 11) is 0. The van der Waals surface area contributed by atoms with Gasteiger partial charge in [-0.25, -0.2) is 9.59 Å². The number of nitrogens with zero attached hydrogens (tertiary/aromatic N) is 1. The molecule has 48 heavy (non-hydrogen) atoms. The van der Waals surface area contributed by atoms with Crippen molar-refractivity contribution in [3.8, 4) is 0 Å². The number of allylic oxidation sites excluding steroid dienone is 1. The largest absolute Gasteiger partial charge is 0.464 e. The lowest BCUT2D eigenvalue weighted by Crippen LogP contribution is -2.56. The lowest BCUT2D eigenvalue weighted by molar-refractivity contribution is -0.159. The van der Waals surface area contributed by atoms with Crippen molar-refractivity contribution in [3.63, 3.8) is 0 Å². The summed E-state index contributed by atoms with van der Waals surface area (Å²) in [6.45, 7) is 9.53. The summed E-state index contributed by atoms with van der Waals surface area (Å²) in [5, 5.41) is 6.39. The first-order valence-electron chi connectivity index (χ1n) is 17.1. The van der Waals surface area contributed by atoms with Crippen LogP contribution < -0.4 is 10.6 Å². The van der Waals surface area contributed by atoms with Crippen molar-refractivity contribution in [2.45, 2.75) is 96.4 Å². The van der Waals surface area contributed by atoms with Crippen LogP contribution in [0.5, 0.6) is 0 Å². The number of carbonyl (C=O) groups is 5. The summed E-state index contributed by atoms with van der Waals surface area (Å²) >= 11 is 4.97. The van der Waals surface area contributed by atoms with Gasteiger partial charge in [0.25, 0.3) is 0 Å². The fourth-order valence-electron chi connectivity index (χ4n) is 6.92. The summed E-state index contributed by atoms with van der Waals surface area (Å²) in [5.41, 5.74) is -1.54. The molecule has 1 aliphatic carbocycles. The Morgan fingerprint density at radius 2 is 1.79 bits per heavy atom. The smallest absolute Gasteiger partial charge is 0.404 e. The first-order valence-corrected chi connectivity index (χ1v) is 17.5. The predicted octanol–water partition coefficient (Wildman–Crippen LogP) is 4.90. The van der Waals surface area contributed by atoms with Crippen LogP contribution in [0.1, 0.15) is 78.2 Å². The number of esters is 2. The summed E-state index contributed by atoms with van der Waals surface area (Å²) in [5.74, 6) is -1.79. The highest BCUT2D eigenvalue weighted by Gasteiger charge is 2.63. The number of nitrogens with one attached hydrogen (secondary N) is 2. The molecular formula is C36H50ClN3O8. The molecule has 3 heterocycles. The summed E-state index contributed by atoms with van der Waals surface area (Å²) in [4.78, 5) is 65.3. The molecule has 3 fully saturated rings. The van der Waals surface area contributed by atoms with Gasteiger partial charge in [-0.05, 0) is 64.9 Å². The molecule has 1 aromatic rings. The molecule has 5 rings (SSSR count). The Balaban J connectivity index is 0.000000401. The van der Waals surface area contributed by atoms with E-state index >= 15 is 0 Å². The number of rotatable bonds is 6. The molecule has 0 spiro atoms. The second-order valence-corrected chi connectivity index (χ2v) is 14.4. The van der Waals surface area contributed by atoms with E-state index in [9.17, 15) is 24.0 Å². The van der Waals surface area contributed by atoms with Gasteiger partial charge in [0, 0.05) is 49.0 Å². The van der Waals surface area contributed by atoms with E-state index in [0.29, 0.717) is 25.9 Å². The van der Waals surface area contributed by atoms with Crippen molar-refractivity contribution < 1.29 is 38.2 Å². The fourth-order valence-corrected chi connectivity index (χ4v) is 6.98. The van der Waals surface area contributed by atoms with Crippen molar-refractivity contribution >= 4 is 40.8 Å². The van der Waals surface area contributed by atoms with E-state index in [4.69, 9.17) is 21.1 Å². The first-order chi connectivity index (χ1) is 22.8. The zero-order chi connectivity index (χ0) is 34.9. The van der Waals surface area contributed by atoms with E-state index in [1.165, 1.54) is 0 Å². The van der Waals surface area contributed by atoms with Crippen molar-refractivity contribution in [2.24, 2.45) is 23.7 Å². The Morgan fingerprint density at radius 3 is 2.48 bits per heavy atom. The molecule has 0 bridgehead atoms. The molecule has 1 aromatic carbocycles. The highest BCUT2D eigenvalue weighted by atomic mass is 35.5. The molecule has 1 saturated carbocycles. The Hall–Kier alpha value is -3.44. The van der Waals surface area contributed by atoms with Gasteiger partial charge in [0.15, 0.2) is 0 Å². The lowest BCUT2D eigenvalue weighted by Gasteiger charge is -2.32. The zero-order valence-electron chi connectivity index (χ0n) is 28.5. The average molecular weight is 688 g/mol. The second kappa shape index (κ2) is 16.8. The second-order valence-electron chi connectivity index (χ2n) is 14.1. The number of amides is 2. The summed E-state index contributed by atoms with van der Waals surface area (Å²) < 4.78 is 15.4. The average Bonchev–Trinajstić information content (AvgIpc) is 3.33. The maximum Gasteiger partial charge on any atom is 0.404 e. The van der Waals surface area contributed by atoms with Crippen molar-refractivity contribution in [2.75, 3.05) is 26.2 Å². The Kier molecular flexibility index (Phi) is 13.1. The van der Waals surface area contributed by atoms with E-state index in [1.807, 2.05) is 57.2 Å². The van der Waals surface area contributed by atoms with Crippen LogP contribution in [-0.2, 0) is 40.0 Å². The van der Waals surface area contributed by atoms with E-state index in [2.05, 4.69) is 21.4 Å². The van der Waals surface area contributed by atoms with Gasteiger partial charge in [-0.15, -0.1) is 0 Å². The SMILES string of the molecule is CCOC(=O)[C@@]12C[C@H]1/C=C\CCCCC[C@H](CC(=O)OC(C)(C)C)C(=O)N1C[C@@H]3CNC[C@@H]3[C@H]1C(=O)N2.O=C(Cl)OCc1ccccc1. The third-order valence-electron chi connectivity index (χ3n) is 9.29. The van der Waals surface area contributed by atoms with Crippen LogP contribution in [0, 0.1) is 23.7 Å². The first kappa shape index (κ1) is 37.4. The predicted molar refractivity (Wildman–Crippen MR) is 180 cm³/mol. The minimum atomic E-state index is -1.07. The molecule has 2 saturated heterocycles. The molecule has 2 amide bonds. The van der Waals surface area contributed by atoms with Crippen LogP contribution in [0.15, 0.2) is 42.5 Å². The number of carbonyl (C=O) groups excluding carboxylic acids is 5. The number of halogens is 1. The minimum absolute atomic E-state index is 0.00324.